The van der Waals surface area contributed by atoms with E-state index >= 15 is 0 Å². The third-order valence-corrected chi connectivity index (χ3v) is 5.06. The van der Waals surface area contributed by atoms with Crippen LogP contribution >= 0.6 is 0 Å². The number of hydroxylamine groups is 1. The highest BCUT2D eigenvalue weighted by Crippen LogP contribution is 2.54. The SMILES string of the molecule is CCCOc1ccc(-n2c(O)c3c(c2O)C(CCC)N(c2ccccc2)O3)cc1. The Bertz CT molecular complexity index is 967. The van der Waals surface area contributed by atoms with Crippen LogP contribution in [0.2, 0.25) is 0 Å². The van der Waals surface area contributed by atoms with Crippen molar-refractivity contribution in [2.45, 2.75) is 39.2 Å². The van der Waals surface area contributed by atoms with Gasteiger partial charge in [-0.15, -0.1) is 0 Å². The zero-order valence-corrected chi connectivity index (χ0v) is 16.7. The van der Waals surface area contributed by atoms with Gasteiger partial charge in [-0.1, -0.05) is 38.5 Å². The van der Waals surface area contributed by atoms with Gasteiger partial charge in [0.1, 0.15) is 11.8 Å². The molecule has 0 radical (unpaired) electrons. The highest BCUT2D eigenvalue weighted by atomic mass is 16.7. The number of hydrogen-bond acceptors (Lipinski definition) is 5. The van der Waals surface area contributed by atoms with E-state index in [0.717, 1.165) is 30.7 Å². The van der Waals surface area contributed by atoms with Crippen LogP contribution in [0.1, 0.15) is 44.7 Å². The molecule has 2 N–H and O–H groups in total. The molecular weight excluding hydrogens is 368 g/mol. The van der Waals surface area contributed by atoms with Gasteiger partial charge in [0.15, 0.2) is 0 Å². The summed E-state index contributed by atoms with van der Waals surface area (Å²) in [7, 11) is 0. The zero-order valence-electron chi connectivity index (χ0n) is 16.7. The molecule has 1 aliphatic heterocycles. The largest absolute Gasteiger partial charge is 0.494 e. The van der Waals surface area contributed by atoms with Crippen LogP contribution in [0.5, 0.6) is 23.3 Å². The fourth-order valence-electron chi connectivity index (χ4n) is 3.71. The smallest absolute Gasteiger partial charge is 0.246 e. The molecule has 3 aromatic rings. The van der Waals surface area contributed by atoms with Crippen molar-refractivity contribution in [2.24, 2.45) is 0 Å². The minimum atomic E-state index is -0.184. The maximum Gasteiger partial charge on any atom is 0.246 e. The lowest BCUT2D eigenvalue weighted by molar-refractivity contribution is 0.257. The Balaban J connectivity index is 1.70. The number of benzene rings is 2. The van der Waals surface area contributed by atoms with Gasteiger partial charge >= 0.3 is 0 Å². The average Bonchev–Trinajstić information content (AvgIpc) is 3.24. The van der Waals surface area contributed by atoms with E-state index in [1.807, 2.05) is 54.6 Å². The molecule has 4 rings (SSSR count). The second-order valence-electron chi connectivity index (χ2n) is 7.12. The van der Waals surface area contributed by atoms with E-state index in [1.54, 1.807) is 5.06 Å². The molecular formula is C23H26N2O4. The van der Waals surface area contributed by atoms with E-state index in [9.17, 15) is 10.2 Å². The van der Waals surface area contributed by atoms with Crippen molar-refractivity contribution in [3.63, 3.8) is 0 Å². The summed E-state index contributed by atoms with van der Waals surface area (Å²) < 4.78 is 7.03. The molecule has 6 heteroatoms. The number of para-hydroxylation sites is 1. The van der Waals surface area contributed by atoms with Crippen molar-refractivity contribution < 1.29 is 19.8 Å². The Morgan fingerprint density at radius 3 is 2.28 bits per heavy atom. The quantitative estimate of drug-likeness (QED) is 0.567. The standard InChI is InChI=1S/C23H26N2O4/c1-3-8-19-20-21(29-25(19)17-9-6-5-7-10-17)23(27)24(22(20)26)16-11-13-18(14-12-16)28-15-4-2/h5-7,9-14,19,26-27H,3-4,8,15H2,1-2H3. The number of hydrogen-bond donors (Lipinski definition) is 2. The van der Waals surface area contributed by atoms with E-state index in [1.165, 1.54) is 4.57 Å². The third-order valence-electron chi connectivity index (χ3n) is 5.06. The van der Waals surface area contributed by atoms with E-state index in [2.05, 4.69) is 13.8 Å². The fraction of sp³-hybridized carbons (Fsp3) is 0.304. The van der Waals surface area contributed by atoms with Gasteiger partial charge in [-0.25, -0.2) is 9.63 Å². The van der Waals surface area contributed by atoms with Crippen molar-refractivity contribution in [3.05, 3.63) is 60.2 Å². The number of rotatable bonds is 7. The van der Waals surface area contributed by atoms with E-state index < -0.39 is 0 Å². The van der Waals surface area contributed by atoms with Gasteiger partial charge < -0.3 is 19.8 Å². The molecule has 0 fully saturated rings. The fourth-order valence-corrected chi connectivity index (χ4v) is 3.71. The van der Waals surface area contributed by atoms with Gasteiger partial charge in [0, 0.05) is 0 Å². The second kappa shape index (κ2) is 7.99. The number of anilines is 1. The first-order valence-corrected chi connectivity index (χ1v) is 10.1. The van der Waals surface area contributed by atoms with Crippen LogP contribution in [0.4, 0.5) is 5.69 Å². The molecule has 0 spiro atoms. The molecule has 29 heavy (non-hydrogen) atoms. The van der Waals surface area contributed by atoms with Crippen LogP contribution in [0.3, 0.4) is 0 Å². The molecule has 0 amide bonds. The molecule has 1 aromatic heterocycles. The molecule has 2 heterocycles. The van der Waals surface area contributed by atoms with Crippen LogP contribution in [0, 0.1) is 0 Å². The van der Waals surface area contributed by atoms with E-state index in [0.29, 0.717) is 23.6 Å². The predicted octanol–water partition coefficient (Wildman–Crippen LogP) is 5.33. The van der Waals surface area contributed by atoms with Gasteiger partial charge in [-0.2, -0.15) is 0 Å². The van der Waals surface area contributed by atoms with Crippen LogP contribution in [0.25, 0.3) is 5.69 Å². The highest BCUT2D eigenvalue weighted by Gasteiger charge is 2.41. The van der Waals surface area contributed by atoms with Crippen molar-refractivity contribution in [1.29, 1.82) is 0 Å². The van der Waals surface area contributed by atoms with E-state index in [-0.39, 0.29) is 17.8 Å². The van der Waals surface area contributed by atoms with Gasteiger partial charge in [0.2, 0.25) is 17.5 Å². The Morgan fingerprint density at radius 1 is 0.897 bits per heavy atom. The topological polar surface area (TPSA) is 67.1 Å². The Labute approximate surface area is 170 Å². The minimum Gasteiger partial charge on any atom is -0.494 e. The normalized spacial score (nSPS) is 15.2. The molecule has 0 saturated carbocycles. The van der Waals surface area contributed by atoms with Gasteiger partial charge in [-0.05, 0) is 49.2 Å². The lowest BCUT2D eigenvalue weighted by Gasteiger charge is -2.25. The van der Waals surface area contributed by atoms with Gasteiger partial charge in [-0.3, -0.25) is 0 Å². The molecule has 152 valence electrons. The molecule has 0 bridgehead atoms. The number of ether oxygens (including phenoxy) is 1. The lowest BCUT2D eigenvalue weighted by atomic mass is 10.0. The van der Waals surface area contributed by atoms with Crippen LogP contribution in [0.15, 0.2) is 54.6 Å². The van der Waals surface area contributed by atoms with Crippen molar-refractivity contribution in [3.8, 4) is 28.9 Å². The Hall–Kier alpha value is -3.28. The summed E-state index contributed by atoms with van der Waals surface area (Å²) in [6.45, 7) is 4.79. The molecule has 2 aromatic carbocycles. The van der Waals surface area contributed by atoms with Gasteiger partial charge in [0.25, 0.3) is 0 Å². The Kier molecular flexibility index (Phi) is 5.25. The lowest BCUT2D eigenvalue weighted by Crippen LogP contribution is -2.26. The van der Waals surface area contributed by atoms with Crippen molar-refractivity contribution >= 4 is 5.69 Å². The molecule has 6 nitrogen and oxygen atoms in total. The van der Waals surface area contributed by atoms with Gasteiger partial charge in [0.05, 0.1) is 23.5 Å². The molecule has 1 atom stereocenters. The minimum absolute atomic E-state index is 0.00314. The summed E-state index contributed by atoms with van der Waals surface area (Å²) in [5, 5.41) is 23.7. The second-order valence-corrected chi connectivity index (χ2v) is 7.12. The Morgan fingerprint density at radius 2 is 1.62 bits per heavy atom. The number of nitrogens with zero attached hydrogens (tertiary/aromatic N) is 2. The summed E-state index contributed by atoms with van der Waals surface area (Å²) in [5.41, 5.74) is 2.13. The maximum absolute atomic E-state index is 11.0. The number of aromatic hydroxyl groups is 2. The van der Waals surface area contributed by atoms with Crippen molar-refractivity contribution in [1.82, 2.24) is 4.57 Å². The first kappa shape index (κ1) is 19.1. The molecule has 1 aliphatic rings. The van der Waals surface area contributed by atoms with E-state index in [4.69, 9.17) is 9.57 Å². The molecule has 0 saturated heterocycles. The summed E-state index contributed by atoms with van der Waals surface area (Å²) in [4.78, 5) is 6.03. The van der Waals surface area contributed by atoms with Crippen molar-refractivity contribution in [2.75, 3.05) is 11.7 Å². The number of aromatic nitrogens is 1. The monoisotopic (exact) mass is 394 g/mol. The molecule has 0 aliphatic carbocycles. The summed E-state index contributed by atoms with van der Waals surface area (Å²) in [6.07, 6.45) is 2.62. The predicted molar refractivity (Wildman–Crippen MR) is 112 cm³/mol. The van der Waals surface area contributed by atoms with Crippen LogP contribution in [-0.4, -0.2) is 21.4 Å². The third kappa shape index (κ3) is 3.35. The molecule has 1 unspecified atom stereocenters. The van der Waals surface area contributed by atoms with Crippen LogP contribution < -0.4 is 14.6 Å². The van der Waals surface area contributed by atoms with Crippen LogP contribution in [-0.2, 0) is 0 Å². The highest BCUT2D eigenvalue weighted by molar-refractivity contribution is 5.64. The zero-order chi connectivity index (χ0) is 20.4. The summed E-state index contributed by atoms with van der Waals surface area (Å²) >= 11 is 0. The summed E-state index contributed by atoms with van der Waals surface area (Å²) in [5.74, 6) is 0.941. The average molecular weight is 394 g/mol. The maximum atomic E-state index is 11.0. The first-order valence-electron chi connectivity index (χ1n) is 10.1. The first-order chi connectivity index (χ1) is 14.2. The number of fused-ring (bicyclic) bond motifs is 1. The summed E-state index contributed by atoms with van der Waals surface area (Å²) in [6, 6.07) is 16.8.